The number of nitro benzene ring substituents is 1. The first-order valence-corrected chi connectivity index (χ1v) is 9.46. The zero-order valence-corrected chi connectivity index (χ0v) is 16.2. The van der Waals surface area contributed by atoms with E-state index in [0.717, 1.165) is 43.7 Å². The number of nitrogens with two attached hydrogens (primary N) is 1. The molecule has 1 atom stereocenters. The molecule has 3 N–H and O–H groups in total. The Kier molecular flexibility index (Phi) is 6.25. The molecule has 0 amide bonds. The number of hydrogen-bond donors (Lipinski definition) is 2. The van der Waals surface area contributed by atoms with Crippen LogP contribution in [0.2, 0.25) is 0 Å². The van der Waals surface area contributed by atoms with Gasteiger partial charge >= 0.3 is 0 Å². The Balaban J connectivity index is 1.91. The van der Waals surface area contributed by atoms with E-state index in [1.165, 1.54) is 12.1 Å². The number of benzene rings is 1. The van der Waals surface area contributed by atoms with Gasteiger partial charge in [0.2, 0.25) is 5.95 Å². The number of nitrogen functional groups attached to an aromatic ring is 1. The van der Waals surface area contributed by atoms with Gasteiger partial charge in [-0.3, -0.25) is 10.1 Å². The molecule has 9 nitrogen and oxygen atoms in total. The lowest BCUT2D eigenvalue weighted by Crippen LogP contribution is -2.33. The van der Waals surface area contributed by atoms with Gasteiger partial charge in [0, 0.05) is 37.2 Å². The highest BCUT2D eigenvalue weighted by Gasteiger charge is 2.26. The average Bonchev–Trinajstić information content (AvgIpc) is 3.12. The Bertz CT molecular complexity index is 844. The molecule has 3 rings (SSSR count). The molecule has 0 spiro atoms. The normalized spacial score (nSPS) is 16.4. The molecule has 1 saturated heterocycles. The minimum atomic E-state index is -0.500. The SMILES string of the molecule is CCCc1cc(N2CCCC2COC)nc(Nc2ccc(N)c([N+](=O)[O-])c2)n1. The third-order valence-electron chi connectivity index (χ3n) is 4.79. The van der Waals surface area contributed by atoms with Crippen LogP contribution in [0.15, 0.2) is 24.3 Å². The van der Waals surface area contributed by atoms with E-state index in [9.17, 15) is 10.1 Å². The van der Waals surface area contributed by atoms with Gasteiger partial charge in [-0.2, -0.15) is 4.98 Å². The van der Waals surface area contributed by atoms with Crippen molar-refractivity contribution in [2.75, 3.05) is 36.2 Å². The first kappa shape index (κ1) is 19.8. The number of methoxy groups -OCH3 is 1. The minimum absolute atomic E-state index is 0.122. The van der Waals surface area contributed by atoms with E-state index in [-0.39, 0.29) is 11.4 Å². The highest BCUT2D eigenvalue weighted by molar-refractivity contribution is 5.68. The predicted molar refractivity (Wildman–Crippen MR) is 109 cm³/mol. The highest BCUT2D eigenvalue weighted by Crippen LogP contribution is 2.29. The van der Waals surface area contributed by atoms with Crippen molar-refractivity contribution in [1.29, 1.82) is 0 Å². The van der Waals surface area contributed by atoms with E-state index in [2.05, 4.69) is 27.1 Å². The van der Waals surface area contributed by atoms with Crippen LogP contribution in [0.25, 0.3) is 0 Å². The molecule has 150 valence electrons. The Hall–Kier alpha value is -2.94. The molecule has 2 heterocycles. The lowest BCUT2D eigenvalue weighted by molar-refractivity contribution is -0.383. The van der Waals surface area contributed by atoms with E-state index in [4.69, 9.17) is 10.5 Å². The van der Waals surface area contributed by atoms with Crippen molar-refractivity contribution < 1.29 is 9.66 Å². The van der Waals surface area contributed by atoms with E-state index in [1.807, 2.05) is 6.07 Å². The molecule has 1 aliphatic heterocycles. The predicted octanol–water partition coefficient (Wildman–Crippen LogP) is 3.28. The summed E-state index contributed by atoms with van der Waals surface area (Å²) in [6.45, 7) is 3.67. The number of nitrogens with zero attached hydrogens (tertiary/aromatic N) is 4. The zero-order valence-electron chi connectivity index (χ0n) is 16.2. The molecule has 0 radical (unpaired) electrons. The molecule has 1 aromatic carbocycles. The van der Waals surface area contributed by atoms with Gasteiger partial charge in [-0.05, 0) is 31.4 Å². The summed E-state index contributed by atoms with van der Waals surface area (Å²) in [6, 6.07) is 6.90. The summed E-state index contributed by atoms with van der Waals surface area (Å²) >= 11 is 0. The van der Waals surface area contributed by atoms with Gasteiger partial charge in [-0.1, -0.05) is 13.3 Å². The molecule has 1 unspecified atom stereocenters. The van der Waals surface area contributed by atoms with Crippen molar-refractivity contribution in [3.63, 3.8) is 0 Å². The first-order chi connectivity index (χ1) is 13.5. The number of anilines is 4. The second-order valence-electron chi connectivity index (χ2n) is 6.89. The molecule has 0 aliphatic carbocycles. The highest BCUT2D eigenvalue weighted by atomic mass is 16.6. The monoisotopic (exact) mass is 386 g/mol. The van der Waals surface area contributed by atoms with Crippen LogP contribution in [0, 0.1) is 10.1 Å². The summed E-state index contributed by atoms with van der Waals surface area (Å²) in [5, 5.41) is 14.2. The third-order valence-corrected chi connectivity index (χ3v) is 4.79. The molecule has 1 fully saturated rings. The Morgan fingerprint density at radius 2 is 2.21 bits per heavy atom. The molecule has 0 bridgehead atoms. The van der Waals surface area contributed by atoms with Crippen LogP contribution in [0.3, 0.4) is 0 Å². The second-order valence-corrected chi connectivity index (χ2v) is 6.89. The molecular formula is C19H26N6O3. The summed E-state index contributed by atoms with van der Waals surface area (Å²) in [7, 11) is 1.71. The molecule has 2 aromatic rings. The van der Waals surface area contributed by atoms with E-state index >= 15 is 0 Å². The number of aryl methyl sites for hydroxylation is 1. The second kappa shape index (κ2) is 8.83. The van der Waals surface area contributed by atoms with Gasteiger partial charge in [0.05, 0.1) is 17.6 Å². The molecule has 1 aliphatic rings. The van der Waals surface area contributed by atoms with E-state index in [1.54, 1.807) is 13.2 Å². The molecule has 9 heteroatoms. The Labute approximate surface area is 164 Å². The molecular weight excluding hydrogens is 360 g/mol. The van der Waals surface area contributed by atoms with Gasteiger partial charge in [0.15, 0.2) is 0 Å². The van der Waals surface area contributed by atoms with Gasteiger partial charge in [0.1, 0.15) is 11.5 Å². The average molecular weight is 386 g/mol. The number of rotatable bonds is 8. The maximum Gasteiger partial charge on any atom is 0.294 e. The Morgan fingerprint density at radius 1 is 1.39 bits per heavy atom. The number of nitro groups is 1. The number of aromatic nitrogens is 2. The van der Waals surface area contributed by atoms with Gasteiger partial charge < -0.3 is 20.7 Å². The summed E-state index contributed by atoms with van der Waals surface area (Å²) in [4.78, 5) is 22.1. The first-order valence-electron chi connectivity index (χ1n) is 9.46. The molecule has 28 heavy (non-hydrogen) atoms. The maximum atomic E-state index is 11.1. The largest absolute Gasteiger partial charge is 0.393 e. The lowest BCUT2D eigenvalue weighted by atomic mass is 10.2. The van der Waals surface area contributed by atoms with Crippen molar-refractivity contribution in [1.82, 2.24) is 9.97 Å². The summed E-state index contributed by atoms with van der Waals surface area (Å²) < 4.78 is 5.35. The van der Waals surface area contributed by atoms with Gasteiger partial charge in [0.25, 0.3) is 5.69 Å². The van der Waals surface area contributed by atoms with Crippen molar-refractivity contribution in [2.45, 2.75) is 38.6 Å². The fourth-order valence-electron chi connectivity index (χ4n) is 3.48. The minimum Gasteiger partial charge on any atom is -0.393 e. The van der Waals surface area contributed by atoms with E-state index < -0.39 is 4.92 Å². The van der Waals surface area contributed by atoms with Gasteiger partial charge in [-0.25, -0.2) is 4.98 Å². The van der Waals surface area contributed by atoms with Crippen LogP contribution < -0.4 is 16.0 Å². The van der Waals surface area contributed by atoms with Crippen LogP contribution in [0.5, 0.6) is 0 Å². The third kappa shape index (κ3) is 4.48. The topological polar surface area (TPSA) is 119 Å². The van der Waals surface area contributed by atoms with Crippen LogP contribution in [0.1, 0.15) is 31.9 Å². The quantitative estimate of drug-likeness (QED) is 0.403. The summed E-state index contributed by atoms with van der Waals surface area (Å²) in [6.07, 6.45) is 3.95. The van der Waals surface area contributed by atoms with Gasteiger partial charge in [-0.15, -0.1) is 0 Å². The van der Waals surface area contributed by atoms with Crippen LogP contribution in [-0.4, -0.2) is 41.2 Å². The fraction of sp³-hybridized carbons (Fsp3) is 0.474. The van der Waals surface area contributed by atoms with Crippen LogP contribution >= 0.6 is 0 Å². The zero-order chi connectivity index (χ0) is 20.1. The number of nitrogens with one attached hydrogen (secondary N) is 1. The van der Waals surface area contributed by atoms with E-state index in [0.29, 0.717) is 24.3 Å². The lowest BCUT2D eigenvalue weighted by Gasteiger charge is -2.26. The molecule has 0 saturated carbocycles. The smallest absolute Gasteiger partial charge is 0.294 e. The van der Waals surface area contributed by atoms with Crippen molar-refractivity contribution in [3.8, 4) is 0 Å². The van der Waals surface area contributed by atoms with Crippen molar-refractivity contribution >= 4 is 28.8 Å². The van der Waals surface area contributed by atoms with Crippen molar-refractivity contribution in [2.24, 2.45) is 0 Å². The standard InChI is InChI=1S/C19H26N6O3/c1-3-5-13-11-18(24-9-4-6-15(24)12-28-2)23-19(21-13)22-14-7-8-16(20)17(10-14)25(26)27/h7-8,10-11,15H,3-6,9,12,20H2,1-2H3,(H,21,22,23). The van der Waals surface area contributed by atoms with Crippen molar-refractivity contribution in [3.05, 3.63) is 40.1 Å². The van der Waals surface area contributed by atoms with Crippen LogP contribution in [-0.2, 0) is 11.2 Å². The number of ether oxygens (including phenoxy) is 1. The summed E-state index contributed by atoms with van der Waals surface area (Å²) in [5.41, 5.74) is 7.11. The molecule has 1 aromatic heterocycles. The summed E-state index contributed by atoms with van der Waals surface area (Å²) in [5.74, 6) is 1.27. The number of hydrogen-bond acceptors (Lipinski definition) is 8. The Morgan fingerprint density at radius 3 is 2.93 bits per heavy atom. The van der Waals surface area contributed by atoms with Crippen LogP contribution in [0.4, 0.5) is 28.8 Å². The maximum absolute atomic E-state index is 11.1. The fourth-order valence-corrected chi connectivity index (χ4v) is 3.48.